The normalized spacial score (nSPS) is 15.4. The molecular weight excluding hydrogens is 696 g/mol. The molecule has 3 N–H and O–H groups in total. The van der Waals surface area contributed by atoms with E-state index in [1.807, 2.05) is 30.3 Å². The van der Waals surface area contributed by atoms with Gasteiger partial charge in [0.25, 0.3) is 0 Å². The number of Topliss-reactive ketones (excluding diaryl/α,β-unsaturated/α-hetero) is 1. The second-order valence-corrected chi connectivity index (χ2v) is 13.0. The second-order valence-electron chi connectivity index (χ2n) is 11.4. The summed E-state index contributed by atoms with van der Waals surface area (Å²) in [5.41, 5.74) is 2.88. The van der Waals surface area contributed by atoms with Crippen molar-refractivity contribution >= 4 is 82.2 Å². The van der Waals surface area contributed by atoms with Crippen LogP contribution in [0.15, 0.2) is 77.9 Å². The van der Waals surface area contributed by atoms with Gasteiger partial charge in [-0.2, -0.15) is 0 Å². The Morgan fingerprint density at radius 1 is 0.771 bits per heavy atom. The van der Waals surface area contributed by atoms with Gasteiger partial charge >= 0.3 is 6.09 Å². The Morgan fingerprint density at radius 2 is 1.33 bits per heavy atom. The van der Waals surface area contributed by atoms with Crippen molar-refractivity contribution in [3.8, 4) is 0 Å². The number of hydrogen-bond donors (Lipinski definition) is 3. The summed E-state index contributed by atoms with van der Waals surface area (Å²) in [5.74, 6) is -0.836. The third-order valence-corrected chi connectivity index (χ3v) is 9.19. The molecule has 252 valence electrons. The van der Waals surface area contributed by atoms with Crippen LogP contribution in [-0.2, 0) is 20.8 Å². The number of likely N-dealkylation sites (tertiary alicyclic amines) is 1. The average molecular weight is 732 g/mol. The maximum absolute atomic E-state index is 14.3. The van der Waals surface area contributed by atoms with Crippen LogP contribution in [0.1, 0.15) is 48.8 Å². The van der Waals surface area contributed by atoms with E-state index < -0.39 is 12.1 Å². The summed E-state index contributed by atoms with van der Waals surface area (Å²) in [7, 11) is 0. The fraction of sp³-hybridized carbons (Fsp3) is 0.278. The molecule has 0 radical (unpaired) electrons. The van der Waals surface area contributed by atoms with Gasteiger partial charge in [0.1, 0.15) is 6.04 Å². The molecule has 1 fully saturated rings. The zero-order chi connectivity index (χ0) is 34.6. The van der Waals surface area contributed by atoms with E-state index in [-0.39, 0.29) is 43.5 Å². The van der Waals surface area contributed by atoms with Gasteiger partial charge in [0.05, 0.1) is 20.1 Å². The molecule has 0 saturated carbocycles. The van der Waals surface area contributed by atoms with Crippen LogP contribution in [0, 0.1) is 0 Å². The lowest BCUT2D eigenvalue weighted by atomic mass is 9.93. The molecule has 48 heavy (non-hydrogen) atoms. The van der Waals surface area contributed by atoms with Gasteiger partial charge in [0.15, 0.2) is 5.78 Å². The maximum atomic E-state index is 14.3. The SMILES string of the molecule is O=C(O)NCCCCCCC(=O)NC(Cc1ccccc1)C(=O)N1C/C(=C\c2ccc(Cl)c(Cl)c2)C(=O)/C(=C/c2ccc(Cl)c(Cl)c2)C1. The molecule has 3 aromatic rings. The van der Waals surface area contributed by atoms with Crippen LogP contribution in [0.4, 0.5) is 4.79 Å². The van der Waals surface area contributed by atoms with Crippen LogP contribution in [0.2, 0.25) is 20.1 Å². The lowest BCUT2D eigenvalue weighted by Crippen LogP contribution is -2.52. The first-order valence-corrected chi connectivity index (χ1v) is 17.0. The molecule has 8 nitrogen and oxygen atoms in total. The molecule has 3 amide bonds. The predicted octanol–water partition coefficient (Wildman–Crippen LogP) is 8.12. The Morgan fingerprint density at radius 3 is 1.88 bits per heavy atom. The molecule has 3 aromatic carbocycles. The molecule has 0 spiro atoms. The van der Waals surface area contributed by atoms with Gasteiger partial charge in [-0.3, -0.25) is 14.4 Å². The van der Waals surface area contributed by atoms with Gasteiger partial charge in [-0.25, -0.2) is 4.79 Å². The van der Waals surface area contributed by atoms with E-state index in [2.05, 4.69) is 10.6 Å². The van der Waals surface area contributed by atoms with Gasteiger partial charge in [-0.15, -0.1) is 0 Å². The zero-order valence-electron chi connectivity index (χ0n) is 26.0. The molecule has 1 aliphatic heterocycles. The lowest BCUT2D eigenvalue weighted by molar-refractivity contribution is -0.136. The number of benzene rings is 3. The first kappa shape index (κ1) is 37.0. The average Bonchev–Trinajstić information content (AvgIpc) is 3.05. The topological polar surface area (TPSA) is 116 Å². The van der Waals surface area contributed by atoms with E-state index in [0.29, 0.717) is 61.8 Å². The molecule has 1 aliphatic rings. The quantitative estimate of drug-likeness (QED) is 0.121. The summed E-state index contributed by atoms with van der Waals surface area (Å²) < 4.78 is 0. The van der Waals surface area contributed by atoms with Crippen molar-refractivity contribution in [2.75, 3.05) is 19.6 Å². The van der Waals surface area contributed by atoms with Gasteiger partial charge in [-0.05, 0) is 65.9 Å². The third kappa shape index (κ3) is 11.1. The first-order valence-electron chi connectivity index (χ1n) is 15.4. The monoisotopic (exact) mass is 729 g/mol. The minimum atomic E-state index is -1.06. The minimum absolute atomic E-state index is 0.0160. The number of halogens is 4. The highest BCUT2D eigenvalue weighted by Gasteiger charge is 2.33. The number of hydrogen-bond acceptors (Lipinski definition) is 4. The lowest BCUT2D eigenvalue weighted by Gasteiger charge is -2.33. The van der Waals surface area contributed by atoms with Crippen LogP contribution in [0.25, 0.3) is 12.2 Å². The van der Waals surface area contributed by atoms with Crippen LogP contribution >= 0.6 is 46.4 Å². The third-order valence-electron chi connectivity index (χ3n) is 7.71. The standard InChI is InChI=1S/C36H35Cl4N3O5/c37-28-13-11-24(18-30(28)39)16-26-21-43(22-27(34(26)45)17-25-12-14-29(38)31(40)19-25)35(46)32(20-23-8-4-3-5-9-23)42-33(44)10-6-1-2-7-15-41-36(47)48/h3-5,8-9,11-14,16-19,32,41H,1-2,6-7,10,15,20-22H2,(H,42,44)(H,47,48)/b26-16+,27-17+. The Hall–Kier alpha value is -3.82. The van der Waals surface area contributed by atoms with Gasteiger partial charge in [-0.1, -0.05) is 102 Å². The van der Waals surface area contributed by atoms with Crippen molar-refractivity contribution in [1.82, 2.24) is 15.5 Å². The number of carboxylic acid groups (broad SMARTS) is 1. The summed E-state index contributed by atoms with van der Waals surface area (Å²) in [6.45, 7) is 0.390. The van der Waals surface area contributed by atoms with Gasteiger partial charge in [0, 0.05) is 43.6 Å². The number of carbonyl (C=O) groups excluding carboxylic acids is 3. The van der Waals surface area contributed by atoms with Crippen molar-refractivity contribution < 1.29 is 24.3 Å². The molecule has 0 aliphatic carbocycles. The Labute approximate surface area is 299 Å². The van der Waals surface area contributed by atoms with Crippen molar-refractivity contribution in [2.45, 2.75) is 44.6 Å². The van der Waals surface area contributed by atoms with Crippen LogP contribution in [0.3, 0.4) is 0 Å². The predicted molar refractivity (Wildman–Crippen MR) is 192 cm³/mol. The summed E-state index contributed by atoms with van der Waals surface area (Å²) in [4.78, 5) is 53.3. The highest BCUT2D eigenvalue weighted by molar-refractivity contribution is 6.42. The molecule has 1 atom stereocenters. The highest BCUT2D eigenvalue weighted by atomic mass is 35.5. The van der Waals surface area contributed by atoms with Crippen LogP contribution < -0.4 is 10.6 Å². The molecule has 12 heteroatoms. The maximum Gasteiger partial charge on any atom is 0.404 e. The summed E-state index contributed by atoms with van der Waals surface area (Å²) in [6, 6.07) is 18.5. The Kier molecular flexibility index (Phi) is 13.9. The highest BCUT2D eigenvalue weighted by Crippen LogP contribution is 2.28. The molecule has 0 aromatic heterocycles. The second kappa shape index (κ2) is 18.1. The molecule has 1 unspecified atom stereocenters. The molecular formula is C36H35Cl4N3O5. The zero-order valence-corrected chi connectivity index (χ0v) is 29.0. The van der Waals surface area contributed by atoms with Crippen molar-refractivity contribution in [1.29, 1.82) is 0 Å². The van der Waals surface area contributed by atoms with E-state index >= 15 is 0 Å². The number of amides is 3. The molecule has 1 heterocycles. The van der Waals surface area contributed by atoms with Crippen LogP contribution in [0.5, 0.6) is 0 Å². The fourth-order valence-electron chi connectivity index (χ4n) is 5.30. The van der Waals surface area contributed by atoms with E-state index in [1.54, 1.807) is 53.5 Å². The van der Waals surface area contributed by atoms with E-state index in [0.717, 1.165) is 18.4 Å². The Balaban J connectivity index is 1.58. The van der Waals surface area contributed by atoms with Crippen molar-refractivity contribution in [3.63, 3.8) is 0 Å². The number of piperidine rings is 1. The number of ketones is 1. The minimum Gasteiger partial charge on any atom is -0.465 e. The van der Waals surface area contributed by atoms with Gasteiger partial charge < -0.3 is 20.6 Å². The van der Waals surface area contributed by atoms with E-state index in [4.69, 9.17) is 51.5 Å². The molecule has 1 saturated heterocycles. The number of unbranched alkanes of at least 4 members (excludes halogenated alkanes) is 3. The van der Waals surface area contributed by atoms with E-state index in [9.17, 15) is 19.2 Å². The number of nitrogens with zero attached hydrogens (tertiary/aromatic N) is 1. The number of carbonyl (C=O) groups is 4. The Bertz CT molecular complexity index is 1640. The van der Waals surface area contributed by atoms with Gasteiger partial charge in [0.2, 0.25) is 11.8 Å². The first-order chi connectivity index (χ1) is 23.0. The molecule has 0 bridgehead atoms. The van der Waals surface area contributed by atoms with E-state index in [1.165, 1.54) is 0 Å². The molecule has 4 rings (SSSR count). The largest absolute Gasteiger partial charge is 0.465 e. The summed E-state index contributed by atoms with van der Waals surface area (Å²) in [6.07, 6.45) is 5.56. The van der Waals surface area contributed by atoms with Crippen LogP contribution in [-0.4, -0.2) is 59.4 Å². The van der Waals surface area contributed by atoms with Crippen molar-refractivity contribution in [3.05, 3.63) is 115 Å². The fourth-order valence-corrected chi connectivity index (χ4v) is 5.91. The number of rotatable bonds is 13. The number of nitrogens with one attached hydrogen (secondary N) is 2. The van der Waals surface area contributed by atoms with Crippen molar-refractivity contribution in [2.24, 2.45) is 0 Å². The smallest absolute Gasteiger partial charge is 0.404 e. The summed E-state index contributed by atoms with van der Waals surface area (Å²) >= 11 is 24.7. The summed E-state index contributed by atoms with van der Waals surface area (Å²) in [5, 5.41) is 15.4.